The van der Waals surface area contributed by atoms with Crippen LogP contribution in [-0.2, 0) is 4.74 Å². The molecule has 3 nitrogen and oxygen atoms in total. The lowest BCUT2D eigenvalue weighted by molar-refractivity contribution is 0.247. The average molecular weight is 427 g/mol. The molecule has 2 N–H and O–H groups in total. The van der Waals surface area contributed by atoms with Gasteiger partial charge in [-0.25, -0.2) is 4.39 Å². The lowest BCUT2D eigenvalue weighted by atomic mass is 10.0. The van der Waals surface area contributed by atoms with E-state index in [0.717, 1.165) is 34.5 Å². The number of thioether (sulfide) groups is 1. The molecule has 25 heavy (non-hydrogen) atoms. The van der Waals surface area contributed by atoms with Gasteiger partial charge in [-0.05, 0) is 48.5 Å². The first-order valence-electron chi connectivity index (χ1n) is 8.42. The molecule has 0 aromatic heterocycles. The Morgan fingerprint density at radius 2 is 2.16 bits per heavy atom. The van der Waals surface area contributed by atoms with Gasteiger partial charge in [0.1, 0.15) is 5.82 Å². The van der Waals surface area contributed by atoms with Crippen molar-refractivity contribution in [1.82, 2.24) is 10.6 Å². The highest BCUT2D eigenvalue weighted by atomic mass is 79.9. The summed E-state index contributed by atoms with van der Waals surface area (Å²) in [6.07, 6.45) is 4.86. The van der Waals surface area contributed by atoms with E-state index in [1.54, 1.807) is 24.9 Å². The van der Waals surface area contributed by atoms with Crippen LogP contribution in [0.1, 0.15) is 32.0 Å². The van der Waals surface area contributed by atoms with Crippen molar-refractivity contribution in [2.24, 2.45) is 5.92 Å². The minimum Gasteiger partial charge on any atom is -0.501 e. The Labute approximate surface area is 161 Å². The Hall–Kier alpha value is -0.820. The SMILES string of the molecule is COC1=CC=C(Br)CC1CSc1c(F)cccc1C1NCC(C)(C)N1. The molecule has 0 radical (unpaired) electrons. The Kier molecular flexibility index (Phi) is 5.93. The average Bonchev–Trinajstić information content (AvgIpc) is 2.93. The molecular formula is C19H24BrFN2OS. The molecule has 1 aromatic rings. The van der Waals surface area contributed by atoms with E-state index in [2.05, 4.69) is 40.4 Å². The molecule has 1 aliphatic carbocycles. The molecule has 1 heterocycles. The Bertz CT molecular complexity index is 705. The Balaban J connectivity index is 1.77. The van der Waals surface area contributed by atoms with Gasteiger partial charge in [-0.15, -0.1) is 11.8 Å². The molecule has 1 aliphatic heterocycles. The third kappa shape index (κ3) is 4.48. The second-order valence-electron chi connectivity index (χ2n) is 7.10. The van der Waals surface area contributed by atoms with E-state index < -0.39 is 0 Å². The van der Waals surface area contributed by atoms with E-state index in [9.17, 15) is 4.39 Å². The van der Waals surface area contributed by atoms with E-state index in [1.165, 1.54) is 6.07 Å². The zero-order valence-electron chi connectivity index (χ0n) is 14.7. The third-order valence-electron chi connectivity index (χ3n) is 4.53. The van der Waals surface area contributed by atoms with E-state index in [1.807, 2.05) is 18.2 Å². The van der Waals surface area contributed by atoms with Crippen LogP contribution in [0.25, 0.3) is 0 Å². The molecule has 2 aliphatic rings. The summed E-state index contributed by atoms with van der Waals surface area (Å²) in [5.74, 6) is 1.80. The second kappa shape index (κ2) is 7.82. The molecule has 3 rings (SSSR count). The number of halogens is 2. The summed E-state index contributed by atoms with van der Waals surface area (Å²) in [4.78, 5) is 0.714. The zero-order chi connectivity index (χ0) is 18.0. The van der Waals surface area contributed by atoms with Gasteiger partial charge in [0.25, 0.3) is 0 Å². The van der Waals surface area contributed by atoms with Crippen LogP contribution in [0.4, 0.5) is 4.39 Å². The number of nitrogens with one attached hydrogen (secondary N) is 2. The minimum absolute atomic E-state index is 0.00388. The van der Waals surface area contributed by atoms with Crippen molar-refractivity contribution in [1.29, 1.82) is 0 Å². The van der Waals surface area contributed by atoms with E-state index in [0.29, 0.717) is 4.90 Å². The molecule has 1 fully saturated rings. The van der Waals surface area contributed by atoms with Crippen molar-refractivity contribution in [3.05, 3.63) is 52.0 Å². The Morgan fingerprint density at radius 1 is 1.36 bits per heavy atom. The van der Waals surface area contributed by atoms with Gasteiger partial charge in [0.05, 0.1) is 19.0 Å². The summed E-state index contributed by atoms with van der Waals surface area (Å²) < 4.78 is 21.2. The largest absolute Gasteiger partial charge is 0.501 e. The van der Waals surface area contributed by atoms with Gasteiger partial charge in [0, 0.05) is 28.6 Å². The molecule has 1 aromatic carbocycles. The quantitative estimate of drug-likeness (QED) is 0.667. The molecule has 0 saturated carbocycles. The standard InChI is InChI=1S/C19H24BrFN2OS/c1-19(2)11-22-18(23-19)14-5-4-6-15(21)17(14)25-10-12-9-13(20)7-8-16(12)24-3/h4-8,12,18,22-23H,9-11H2,1-3H3. The van der Waals surface area contributed by atoms with Gasteiger partial charge in [-0.3, -0.25) is 10.6 Å². The zero-order valence-corrected chi connectivity index (χ0v) is 17.1. The number of hydrogen-bond acceptors (Lipinski definition) is 4. The maximum absolute atomic E-state index is 14.6. The molecule has 6 heteroatoms. The van der Waals surface area contributed by atoms with Crippen LogP contribution in [0.3, 0.4) is 0 Å². The normalized spacial score (nSPS) is 25.5. The highest BCUT2D eigenvalue weighted by Crippen LogP contribution is 2.37. The van der Waals surface area contributed by atoms with Crippen molar-refractivity contribution >= 4 is 27.7 Å². The van der Waals surface area contributed by atoms with Gasteiger partial charge in [0.2, 0.25) is 0 Å². The van der Waals surface area contributed by atoms with Crippen molar-refractivity contribution < 1.29 is 9.13 Å². The molecule has 1 saturated heterocycles. The predicted octanol–water partition coefficient (Wildman–Crippen LogP) is 4.72. The third-order valence-corrected chi connectivity index (χ3v) is 6.40. The summed E-state index contributed by atoms with van der Waals surface area (Å²) in [5, 5.41) is 6.99. The van der Waals surface area contributed by atoms with Gasteiger partial charge in [-0.1, -0.05) is 28.1 Å². The summed E-state index contributed by atoms with van der Waals surface area (Å²) in [5.41, 5.74) is 0.980. The maximum Gasteiger partial charge on any atom is 0.137 e. The first-order valence-corrected chi connectivity index (χ1v) is 10.2. The van der Waals surface area contributed by atoms with Crippen LogP contribution in [0, 0.1) is 11.7 Å². The van der Waals surface area contributed by atoms with Crippen LogP contribution in [0.15, 0.2) is 45.5 Å². The molecule has 0 spiro atoms. The molecule has 0 bridgehead atoms. The highest BCUT2D eigenvalue weighted by Gasteiger charge is 2.32. The van der Waals surface area contributed by atoms with Gasteiger partial charge < -0.3 is 4.74 Å². The summed E-state index contributed by atoms with van der Waals surface area (Å²) in [6, 6.07) is 5.32. The van der Waals surface area contributed by atoms with Gasteiger partial charge >= 0.3 is 0 Å². The van der Waals surface area contributed by atoms with Gasteiger partial charge in [-0.2, -0.15) is 0 Å². The van der Waals surface area contributed by atoms with E-state index >= 15 is 0 Å². The van der Waals surface area contributed by atoms with Crippen LogP contribution < -0.4 is 10.6 Å². The number of allylic oxidation sites excluding steroid dienone is 4. The van der Waals surface area contributed by atoms with Crippen LogP contribution >= 0.6 is 27.7 Å². The van der Waals surface area contributed by atoms with Crippen LogP contribution in [0.5, 0.6) is 0 Å². The first kappa shape index (κ1) is 19.0. The maximum atomic E-state index is 14.6. The van der Waals surface area contributed by atoms with Crippen molar-refractivity contribution in [3.8, 4) is 0 Å². The number of benzene rings is 1. The molecule has 136 valence electrons. The molecule has 2 unspecified atom stereocenters. The fourth-order valence-corrected chi connectivity index (χ4v) is 4.95. The molecule has 2 atom stereocenters. The van der Waals surface area contributed by atoms with E-state index in [-0.39, 0.29) is 23.4 Å². The number of methoxy groups -OCH3 is 1. The van der Waals surface area contributed by atoms with Crippen molar-refractivity contribution in [3.63, 3.8) is 0 Å². The molecule has 0 amide bonds. The summed E-state index contributed by atoms with van der Waals surface area (Å²) in [6.45, 7) is 5.15. The van der Waals surface area contributed by atoms with Crippen LogP contribution in [-0.4, -0.2) is 24.9 Å². The second-order valence-corrected chi connectivity index (χ2v) is 9.15. The Morgan fingerprint density at radius 3 is 2.84 bits per heavy atom. The molecular weight excluding hydrogens is 403 g/mol. The lowest BCUT2D eigenvalue weighted by Gasteiger charge is -2.24. The predicted molar refractivity (Wildman–Crippen MR) is 105 cm³/mol. The highest BCUT2D eigenvalue weighted by molar-refractivity contribution is 9.11. The first-order chi connectivity index (χ1) is 11.9. The van der Waals surface area contributed by atoms with Gasteiger partial charge in [0.15, 0.2) is 0 Å². The minimum atomic E-state index is -0.163. The van der Waals surface area contributed by atoms with Crippen molar-refractivity contribution in [2.45, 2.75) is 36.9 Å². The fraction of sp³-hybridized carbons (Fsp3) is 0.474. The summed E-state index contributed by atoms with van der Waals surface area (Å²) >= 11 is 5.13. The number of hydrogen-bond donors (Lipinski definition) is 2. The smallest absolute Gasteiger partial charge is 0.137 e. The van der Waals surface area contributed by atoms with Crippen LogP contribution in [0.2, 0.25) is 0 Å². The topological polar surface area (TPSA) is 33.3 Å². The van der Waals surface area contributed by atoms with E-state index in [4.69, 9.17) is 4.74 Å². The number of ether oxygens (including phenoxy) is 1. The monoisotopic (exact) mass is 426 g/mol. The number of rotatable bonds is 5. The summed E-state index contributed by atoms with van der Waals surface area (Å²) in [7, 11) is 1.69. The fourth-order valence-electron chi connectivity index (χ4n) is 3.22. The van der Waals surface area contributed by atoms with Crippen molar-refractivity contribution in [2.75, 3.05) is 19.4 Å². The lowest BCUT2D eigenvalue weighted by Crippen LogP contribution is -2.36.